The number of carbonyl (C=O) groups is 2. The van der Waals surface area contributed by atoms with Crippen molar-refractivity contribution in [3.63, 3.8) is 0 Å². The van der Waals surface area contributed by atoms with Crippen LogP contribution in [0.25, 0.3) is 11.0 Å². The van der Waals surface area contributed by atoms with Crippen molar-refractivity contribution in [1.82, 2.24) is 0 Å². The number of anilines is 1. The first kappa shape index (κ1) is 18.1. The Hall–Kier alpha value is -2.70. The summed E-state index contributed by atoms with van der Waals surface area (Å²) in [5.74, 6) is -0.789. The van der Waals surface area contributed by atoms with Crippen molar-refractivity contribution in [2.24, 2.45) is 0 Å². The van der Waals surface area contributed by atoms with E-state index in [-0.39, 0.29) is 5.76 Å². The molecule has 0 saturated carbocycles. The van der Waals surface area contributed by atoms with Crippen LogP contribution in [0.5, 0.6) is 5.75 Å². The van der Waals surface area contributed by atoms with E-state index in [0.717, 1.165) is 0 Å². The highest BCUT2D eigenvalue weighted by Gasteiger charge is 2.16. The number of ether oxygens (including phenoxy) is 2. The highest BCUT2D eigenvalue weighted by atomic mass is 35.5. The predicted molar refractivity (Wildman–Crippen MR) is 98.1 cm³/mol. The van der Waals surface area contributed by atoms with E-state index in [1.165, 1.54) is 19.2 Å². The maximum absolute atomic E-state index is 12.0. The van der Waals surface area contributed by atoms with Crippen molar-refractivity contribution < 1.29 is 23.5 Å². The molecule has 0 aliphatic heterocycles. The van der Waals surface area contributed by atoms with E-state index in [4.69, 9.17) is 37.1 Å². The van der Waals surface area contributed by atoms with Crippen LogP contribution in [0.15, 0.2) is 46.9 Å². The Morgan fingerprint density at radius 1 is 1.12 bits per heavy atom. The molecule has 26 heavy (non-hydrogen) atoms. The number of benzene rings is 2. The van der Waals surface area contributed by atoms with E-state index in [1.807, 2.05) is 0 Å². The summed E-state index contributed by atoms with van der Waals surface area (Å²) in [7, 11) is 1.49. The Kier molecular flexibility index (Phi) is 5.35. The fraction of sp³-hybridized carbons (Fsp3) is 0.111. The van der Waals surface area contributed by atoms with Crippen molar-refractivity contribution in [3.05, 3.63) is 58.3 Å². The van der Waals surface area contributed by atoms with E-state index >= 15 is 0 Å². The van der Waals surface area contributed by atoms with Crippen LogP contribution in [-0.2, 0) is 9.53 Å². The molecule has 6 nitrogen and oxygen atoms in total. The van der Waals surface area contributed by atoms with Gasteiger partial charge in [0.25, 0.3) is 5.91 Å². The number of hydrogen-bond acceptors (Lipinski definition) is 5. The summed E-state index contributed by atoms with van der Waals surface area (Å²) in [5, 5.41) is 4.11. The Morgan fingerprint density at radius 2 is 1.92 bits per heavy atom. The normalized spacial score (nSPS) is 10.6. The second-order valence-electron chi connectivity index (χ2n) is 5.27. The molecule has 0 unspecified atom stereocenters. The van der Waals surface area contributed by atoms with E-state index in [0.29, 0.717) is 32.5 Å². The molecule has 1 N–H and O–H groups in total. The zero-order chi connectivity index (χ0) is 18.7. The number of amides is 1. The first-order valence-electron chi connectivity index (χ1n) is 7.46. The quantitative estimate of drug-likeness (QED) is 0.643. The maximum Gasteiger partial charge on any atom is 0.374 e. The molecule has 1 amide bonds. The first-order chi connectivity index (χ1) is 12.5. The average Bonchev–Trinajstić information content (AvgIpc) is 3.03. The SMILES string of the molecule is COc1ccc(NC(=O)COC(=O)c2cc3cc(Cl)ccc3o2)cc1Cl. The lowest BCUT2D eigenvalue weighted by Crippen LogP contribution is -2.20. The molecular weight excluding hydrogens is 381 g/mol. The van der Waals surface area contributed by atoms with Crippen LogP contribution in [-0.4, -0.2) is 25.6 Å². The zero-order valence-electron chi connectivity index (χ0n) is 13.5. The fourth-order valence-corrected chi connectivity index (χ4v) is 2.70. The lowest BCUT2D eigenvalue weighted by molar-refractivity contribution is -0.119. The van der Waals surface area contributed by atoms with Crippen LogP contribution in [0.1, 0.15) is 10.6 Å². The molecule has 0 saturated heterocycles. The van der Waals surface area contributed by atoms with Gasteiger partial charge in [-0.05, 0) is 42.5 Å². The number of fused-ring (bicyclic) bond motifs is 1. The number of hydrogen-bond donors (Lipinski definition) is 1. The van der Waals surface area contributed by atoms with Gasteiger partial charge < -0.3 is 19.2 Å². The minimum atomic E-state index is -0.750. The summed E-state index contributed by atoms with van der Waals surface area (Å²) >= 11 is 11.9. The minimum absolute atomic E-state index is 0.0115. The van der Waals surface area contributed by atoms with Gasteiger partial charge in [0.1, 0.15) is 11.3 Å². The molecular formula is C18H13Cl2NO5. The van der Waals surface area contributed by atoms with E-state index < -0.39 is 18.5 Å². The number of rotatable bonds is 5. The van der Waals surface area contributed by atoms with Gasteiger partial charge in [-0.2, -0.15) is 0 Å². The first-order valence-corrected chi connectivity index (χ1v) is 8.21. The molecule has 0 aliphatic carbocycles. The van der Waals surface area contributed by atoms with Gasteiger partial charge in [-0.15, -0.1) is 0 Å². The van der Waals surface area contributed by atoms with Crippen molar-refractivity contribution in [2.45, 2.75) is 0 Å². The van der Waals surface area contributed by atoms with Gasteiger partial charge in [0.05, 0.1) is 12.1 Å². The molecule has 0 radical (unpaired) electrons. The largest absolute Gasteiger partial charge is 0.495 e. The Labute approximate surface area is 158 Å². The number of furan rings is 1. The van der Waals surface area contributed by atoms with Gasteiger partial charge in [0, 0.05) is 16.1 Å². The highest BCUT2D eigenvalue weighted by Crippen LogP contribution is 2.27. The molecule has 0 bridgehead atoms. The number of carbonyl (C=O) groups excluding carboxylic acids is 2. The monoisotopic (exact) mass is 393 g/mol. The summed E-state index contributed by atoms with van der Waals surface area (Å²) in [6, 6.07) is 11.2. The maximum atomic E-state index is 12.0. The van der Waals surface area contributed by atoms with Crippen molar-refractivity contribution in [1.29, 1.82) is 0 Å². The third-order valence-electron chi connectivity index (χ3n) is 3.45. The van der Waals surface area contributed by atoms with E-state index in [2.05, 4.69) is 5.32 Å². The average molecular weight is 394 g/mol. The van der Waals surface area contributed by atoms with Crippen molar-refractivity contribution in [2.75, 3.05) is 19.0 Å². The van der Waals surface area contributed by atoms with Crippen LogP contribution in [0.2, 0.25) is 10.0 Å². The van der Waals surface area contributed by atoms with Crippen LogP contribution >= 0.6 is 23.2 Å². The Morgan fingerprint density at radius 3 is 2.65 bits per heavy atom. The molecule has 1 aromatic heterocycles. The number of nitrogens with one attached hydrogen (secondary N) is 1. The summed E-state index contributed by atoms with van der Waals surface area (Å²) in [6.45, 7) is -0.472. The molecule has 134 valence electrons. The third-order valence-corrected chi connectivity index (χ3v) is 3.98. The molecule has 3 rings (SSSR count). The van der Waals surface area contributed by atoms with Gasteiger partial charge in [0.15, 0.2) is 6.61 Å². The fourth-order valence-electron chi connectivity index (χ4n) is 2.26. The molecule has 3 aromatic rings. The molecule has 0 fully saturated rings. The summed E-state index contributed by atoms with van der Waals surface area (Å²) in [6.07, 6.45) is 0. The van der Waals surface area contributed by atoms with Crippen LogP contribution in [0.4, 0.5) is 5.69 Å². The van der Waals surface area contributed by atoms with Crippen LogP contribution in [0.3, 0.4) is 0 Å². The molecule has 1 heterocycles. The predicted octanol–water partition coefficient (Wildman–Crippen LogP) is 4.54. The Bertz CT molecular complexity index is 983. The molecule has 8 heteroatoms. The minimum Gasteiger partial charge on any atom is -0.495 e. The lowest BCUT2D eigenvalue weighted by Gasteiger charge is -2.08. The topological polar surface area (TPSA) is 77.8 Å². The van der Waals surface area contributed by atoms with Gasteiger partial charge in [-0.1, -0.05) is 23.2 Å². The van der Waals surface area contributed by atoms with Crippen LogP contribution < -0.4 is 10.1 Å². The standard InChI is InChI=1S/C18H13Cl2NO5/c1-24-15-5-3-12(8-13(15)20)21-17(22)9-25-18(23)16-7-10-6-11(19)2-4-14(10)26-16/h2-8H,9H2,1H3,(H,21,22). The molecule has 2 aromatic carbocycles. The molecule has 0 atom stereocenters. The summed E-state index contributed by atoms with van der Waals surface area (Å²) < 4.78 is 15.4. The Balaban J connectivity index is 1.59. The zero-order valence-corrected chi connectivity index (χ0v) is 15.1. The van der Waals surface area contributed by atoms with Crippen molar-refractivity contribution in [3.8, 4) is 5.75 Å². The van der Waals surface area contributed by atoms with Gasteiger partial charge >= 0.3 is 5.97 Å². The second-order valence-corrected chi connectivity index (χ2v) is 6.11. The number of esters is 1. The van der Waals surface area contributed by atoms with Gasteiger partial charge in [-0.3, -0.25) is 4.79 Å². The highest BCUT2D eigenvalue weighted by molar-refractivity contribution is 6.32. The van der Waals surface area contributed by atoms with E-state index in [9.17, 15) is 9.59 Å². The second kappa shape index (κ2) is 7.68. The van der Waals surface area contributed by atoms with E-state index in [1.54, 1.807) is 30.3 Å². The smallest absolute Gasteiger partial charge is 0.374 e. The molecule has 0 aliphatic rings. The number of halogens is 2. The van der Waals surface area contributed by atoms with Gasteiger partial charge in [0.2, 0.25) is 5.76 Å². The van der Waals surface area contributed by atoms with Crippen LogP contribution in [0, 0.1) is 0 Å². The summed E-state index contributed by atoms with van der Waals surface area (Å²) in [4.78, 5) is 23.9. The molecule has 0 spiro atoms. The van der Waals surface area contributed by atoms with Crippen molar-refractivity contribution >= 4 is 51.7 Å². The third kappa shape index (κ3) is 4.09. The van der Waals surface area contributed by atoms with Gasteiger partial charge in [-0.25, -0.2) is 4.79 Å². The summed E-state index contributed by atoms with van der Waals surface area (Å²) in [5.41, 5.74) is 0.953. The number of methoxy groups -OCH3 is 1. The lowest BCUT2D eigenvalue weighted by atomic mass is 10.2.